The summed E-state index contributed by atoms with van der Waals surface area (Å²) in [7, 11) is 0. The molecule has 1 aliphatic heterocycles. The Kier molecular flexibility index (Phi) is 6.27. The second-order valence-corrected chi connectivity index (χ2v) is 9.37. The maximum atomic E-state index is 5.92. The molecule has 0 N–H and O–H groups in total. The maximum absolute atomic E-state index is 5.92. The number of hydrogen-bond acceptors (Lipinski definition) is 5. The number of azo groups is 1. The molecule has 0 unspecified atom stereocenters. The Balaban J connectivity index is 2.07. The van der Waals surface area contributed by atoms with Crippen molar-refractivity contribution in [2.75, 3.05) is 26.4 Å². The molecule has 0 aromatic heterocycles. The lowest BCUT2D eigenvalue weighted by Crippen LogP contribution is -2.13. The number of fused-ring (bicyclic) bond motifs is 2. The molecule has 29 heavy (non-hydrogen) atoms. The van der Waals surface area contributed by atoms with Gasteiger partial charge in [-0.2, -0.15) is 0 Å². The summed E-state index contributed by atoms with van der Waals surface area (Å²) in [5.74, 6) is 1.41. The Morgan fingerprint density at radius 3 is 1.41 bits per heavy atom. The van der Waals surface area contributed by atoms with Crippen LogP contribution in [0, 0.1) is 0 Å². The number of rotatable bonds is 0. The predicted octanol–water partition coefficient (Wildman–Crippen LogP) is 6.48. The van der Waals surface area contributed by atoms with Gasteiger partial charge in [-0.25, -0.2) is 0 Å². The van der Waals surface area contributed by atoms with Crippen LogP contribution in [0.2, 0.25) is 0 Å². The molecule has 0 atom stereocenters. The first kappa shape index (κ1) is 21.3. The van der Waals surface area contributed by atoms with Crippen molar-refractivity contribution in [3.63, 3.8) is 0 Å². The third-order valence-corrected chi connectivity index (χ3v) is 4.89. The first-order valence-electron chi connectivity index (χ1n) is 10.2. The van der Waals surface area contributed by atoms with E-state index < -0.39 is 0 Å². The Morgan fingerprint density at radius 1 is 0.621 bits per heavy atom. The van der Waals surface area contributed by atoms with Crippen LogP contribution in [0.1, 0.15) is 52.7 Å². The summed E-state index contributed by atoms with van der Waals surface area (Å²) in [5, 5.41) is 9.14. The van der Waals surface area contributed by atoms with Crippen molar-refractivity contribution in [3.8, 4) is 11.5 Å². The molecule has 0 saturated heterocycles. The predicted molar refractivity (Wildman–Crippen MR) is 116 cm³/mol. The average Bonchev–Trinajstić information content (AvgIpc) is 2.66. The second kappa shape index (κ2) is 8.54. The second-order valence-electron chi connectivity index (χ2n) is 9.37. The standard InChI is InChI=1S/C24H32N2O3/c1-23(2,3)17-7-9-21-19(15-17)25-26-20-16-18(24(4,5)6)8-10-22(20)29-14-12-27-11-13-28-21/h7-10,15-16H,11-14H2,1-6H3. The van der Waals surface area contributed by atoms with Crippen LogP contribution in [0.3, 0.4) is 0 Å². The first-order chi connectivity index (χ1) is 13.6. The van der Waals surface area contributed by atoms with Crippen molar-refractivity contribution in [2.24, 2.45) is 10.2 Å². The molecule has 0 radical (unpaired) electrons. The van der Waals surface area contributed by atoms with Gasteiger partial charge >= 0.3 is 0 Å². The average molecular weight is 397 g/mol. The normalized spacial score (nSPS) is 15.7. The Bertz CT molecular complexity index is 805. The van der Waals surface area contributed by atoms with Crippen molar-refractivity contribution < 1.29 is 14.2 Å². The lowest BCUT2D eigenvalue weighted by atomic mass is 9.87. The Morgan fingerprint density at radius 2 is 1.03 bits per heavy atom. The van der Waals surface area contributed by atoms with Crippen LogP contribution in [0.5, 0.6) is 11.5 Å². The summed E-state index contributed by atoms with van der Waals surface area (Å²) < 4.78 is 17.5. The molecule has 2 aromatic carbocycles. The van der Waals surface area contributed by atoms with E-state index in [9.17, 15) is 0 Å². The zero-order valence-corrected chi connectivity index (χ0v) is 18.4. The van der Waals surface area contributed by atoms with E-state index >= 15 is 0 Å². The number of nitrogens with zero attached hydrogens (tertiary/aromatic N) is 2. The summed E-state index contributed by atoms with van der Waals surface area (Å²) in [6, 6.07) is 12.2. The summed E-state index contributed by atoms with van der Waals surface area (Å²) >= 11 is 0. The lowest BCUT2D eigenvalue weighted by molar-refractivity contribution is 0.0768. The monoisotopic (exact) mass is 396 g/mol. The van der Waals surface area contributed by atoms with Gasteiger partial charge in [0.1, 0.15) is 36.1 Å². The highest BCUT2D eigenvalue weighted by Crippen LogP contribution is 2.38. The van der Waals surface area contributed by atoms with Gasteiger partial charge in [0.25, 0.3) is 0 Å². The summed E-state index contributed by atoms with van der Waals surface area (Å²) in [4.78, 5) is 0. The zero-order valence-electron chi connectivity index (χ0n) is 18.4. The van der Waals surface area contributed by atoms with Crippen molar-refractivity contribution in [2.45, 2.75) is 52.4 Å². The van der Waals surface area contributed by atoms with Gasteiger partial charge < -0.3 is 14.2 Å². The minimum Gasteiger partial charge on any atom is -0.489 e. The molecule has 0 spiro atoms. The highest BCUT2D eigenvalue weighted by molar-refractivity contribution is 5.57. The molecule has 2 aromatic rings. The smallest absolute Gasteiger partial charge is 0.146 e. The van der Waals surface area contributed by atoms with E-state index in [1.807, 2.05) is 24.3 Å². The molecule has 5 nitrogen and oxygen atoms in total. The van der Waals surface area contributed by atoms with Gasteiger partial charge in [-0.15, -0.1) is 10.2 Å². The fourth-order valence-corrected chi connectivity index (χ4v) is 3.00. The highest BCUT2D eigenvalue weighted by Gasteiger charge is 2.18. The van der Waals surface area contributed by atoms with Crippen LogP contribution in [0.25, 0.3) is 0 Å². The van der Waals surface area contributed by atoms with E-state index in [0.717, 1.165) is 0 Å². The molecule has 0 aliphatic carbocycles. The molecule has 5 heteroatoms. The largest absolute Gasteiger partial charge is 0.489 e. The van der Waals surface area contributed by atoms with Crippen LogP contribution in [-0.4, -0.2) is 26.4 Å². The van der Waals surface area contributed by atoms with Crippen molar-refractivity contribution in [3.05, 3.63) is 47.5 Å². The SMILES string of the molecule is CC(C)(C)c1ccc2c(c1)N=Nc1cc(C(C)(C)C)ccc1OCCOCCO2. The molecular weight excluding hydrogens is 364 g/mol. The third-order valence-electron chi connectivity index (χ3n) is 4.89. The van der Waals surface area contributed by atoms with Crippen molar-refractivity contribution in [1.82, 2.24) is 0 Å². The first-order valence-corrected chi connectivity index (χ1v) is 10.2. The summed E-state index contributed by atoms with van der Waals surface area (Å²) in [5.41, 5.74) is 3.80. The molecule has 156 valence electrons. The van der Waals surface area contributed by atoms with E-state index in [4.69, 9.17) is 14.2 Å². The zero-order chi connectivity index (χ0) is 21.1. The minimum absolute atomic E-state index is 0.00918. The highest BCUT2D eigenvalue weighted by atomic mass is 16.5. The van der Waals surface area contributed by atoms with Gasteiger partial charge in [-0.3, -0.25) is 0 Å². The number of benzene rings is 2. The lowest BCUT2D eigenvalue weighted by Gasteiger charge is -2.20. The maximum Gasteiger partial charge on any atom is 0.146 e. The van der Waals surface area contributed by atoms with Crippen LogP contribution >= 0.6 is 0 Å². The molecule has 0 saturated carbocycles. The minimum atomic E-state index is 0.00918. The van der Waals surface area contributed by atoms with E-state index in [1.54, 1.807) is 0 Å². The molecule has 0 bridgehead atoms. The summed E-state index contributed by atoms with van der Waals surface area (Å²) in [6.07, 6.45) is 0. The van der Waals surface area contributed by atoms with Gasteiger partial charge in [-0.05, 0) is 46.2 Å². The van der Waals surface area contributed by atoms with Crippen LogP contribution in [0.15, 0.2) is 46.6 Å². The van der Waals surface area contributed by atoms with Crippen molar-refractivity contribution in [1.29, 1.82) is 0 Å². The Labute approximate surface area is 174 Å². The van der Waals surface area contributed by atoms with E-state index in [-0.39, 0.29) is 10.8 Å². The van der Waals surface area contributed by atoms with Gasteiger partial charge in [0.05, 0.1) is 13.2 Å². The van der Waals surface area contributed by atoms with Crippen LogP contribution in [-0.2, 0) is 15.6 Å². The molecule has 0 amide bonds. The van der Waals surface area contributed by atoms with Crippen molar-refractivity contribution >= 4 is 11.4 Å². The van der Waals surface area contributed by atoms with Gasteiger partial charge in [0.2, 0.25) is 0 Å². The van der Waals surface area contributed by atoms with Gasteiger partial charge in [-0.1, -0.05) is 53.7 Å². The fourth-order valence-electron chi connectivity index (χ4n) is 3.00. The molecule has 1 aliphatic rings. The quantitative estimate of drug-likeness (QED) is 0.512. The molecular formula is C24H32N2O3. The molecule has 3 rings (SSSR count). The van der Waals surface area contributed by atoms with Crippen LogP contribution < -0.4 is 9.47 Å². The van der Waals surface area contributed by atoms with Gasteiger partial charge in [0.15, 0.2) is 0 Å². The fraction of sp³-hybridized carbons (Fsp3) is 0.500. The third kappa shape index (κ3) is 5.57. The topological polar surface area (TPSA) is 52.4 Å². The molecule has 1 heterocycles. The van der Waals surface area contributed by atoms with Crippen LogP contribution in [0.4, 0.5) is 11.4 Å². The molecule has 0 fully saturated rings. The summed E-state index contributed by atoms with van der Waals surface area (Å²) in [6.45, 7) is 15.0. The van der Waals surface area contributed by atoms with E-state index in [0.29, 0.717) is 49.3 Å². The number of hydrogen-bond donors (Lipinski definition) is 0. The Hall–Kier alpha value is -2.40. The van der Waals surface area contributed by atoms with Gasteiger partial charge in [0, 0.05) is 0 Å². The van der Waals surface area contributed by atoms with E-state index in [2.05, 4.69) is 63.9 Å². The van der Waals surface area contributed by atoms with E-state index in [1.165, 1.54) is 11.1 Å². The number of ether oxygens (including phenoxy) is 3.